The molecule has 1 aromatic heterocycles. The molecule has 0 atom stereocenters. The lowest BCUT2D eigenvalue weighted by Gasteiger charge is -1.99. The van der Waals surface area contributed by atoms with E-state index in [9.17, 15) is 4.79 Å². The molecule has 1 rings (SSSR count). The third-order valence-electron chi connectivity index (χ3n) is 1.79. The molecule has 0 radical (unpaired) electrons. The summed E-state index contributed by atoms with van der Waals surface area (Å²) < 4.78 is 4.77. The molecule has 0 aromatic carbocycles. The number of rotatable bonds is 4. The van der Waals surface area contributed by atoms with Gasteiger partial charge in [-0.15, -0.1) is 0 Å². The number of carbonyl (C=O) groups excluding carboxylic acids is 1. The Morgan fingerprint density at radius 2 is 2.44 bits per heavy atom. The monoisotopic (exact) mass is 240 g/mol. The molecule has 4 nitrogen and oxygen atoms in total. The van der Waals surface area contributed by atoms with Gasteiger partial charge in [-0.05, 0) is 13.0 Å². The van der Waals surface area contributed by atoms with Crippen LogP contribution < -0.4 is 5.73 Å². The molecule has 0 fully saturated rings. The second-order valence-corrected chi connectivity index (χ2v) is 3.45. The molecule has 0 saturated heterocycles. The Morgan fingerprint density at radius 1 is 1.69 bits per heavy atom. The quantitative estimate of drug-likeness (QED) is 0.820. The van der Waals surface area contributed by atoms with Crippen molar-refractivity contribution in [3.05, 3.63) is 28.9 Å². The van der Waals surface area contributed by atoms with Gasteiger partial charge in [-0.3, -0.25) is 4.79 Å². The topological polar surface area (TPSA) is 65.2 Å². The maximum atomic E-state index is 11.0. The summed E-state index contributed by atoms with van der Waals surface area (Å²) >= 11 is 5.92. The number of hydrogen-bond acceptors (Lipinski definition) is 4. The van der Waals surface area contributed by atoms with Crippen LogP contribution in [0.15, 0.2) is 18.3 Å². The minimum Gasteiger partial charge on any atom is -0.466 e. The highest BCUT2D eigenvalue weighted by atomic mass is 35.5. The predicted molar refractivity (Wildman–Crippen MR) is 63.9 cm³/mol. The Kier molecular flexibility index (Phi) is 4.79. The smallest absolute Gasteiger partial charge is 0.309 e. The van der Waals surface area contributed by atoms with Gasteiger partial charge >= 0.3 is 5.97 Å². The van der Waals surface area contributed by atoms with Gasteiger partial charge < -0.3 is 10.5 Å². The van der Waals surface area contributed by atoms with Gasteiger partial charge in [-0.1, -0.05) is 23.8 Å². The van der Waals surface area contributed by atoms with Crippen molar-refractivity contribution in [1.82, 2.24) is 4.98 Å². The van der Waals surface area contributed by atoms with Crippen molar-refractivity contribution < 1.29 is 9.53 Å². The molecule has 1 heterocycles. The van der Waals surface area contributed by atoms with Crippen molar-refractivity contribution in [2.45, 2.75) is 13.3 Å². The molecule has 0 bridgehead atoms. The average Bonchev–Trinajstić information content (AvgIpc) is 2.22. The van der Waals surface area contributed by atoms with Gasteiger partial charge in [-0.25, -0.2) is 4.98 Å². The predicted octanol–water partition coefficient (Wildman–Crippen LogP) is 2.28. The number of pyridine rings is 1. The van der Waals surface area contributed by atoms with Crippen molar-refractivity contribution in [2.24, 2.45) is 0 Å². The molecule has 86 valence electrons. The number of nitrogen functional groups attached to an aromatic ring is 1. The molecule has 0 aliphatic heterocycles. The van der Waals surface area contributed by atoms with Gasteiger partial charge in [-0.2, -0.15) is 0 Å². The van der Waals surface area contributed by atoms with Crippen molar-refractivity contribution in [1.29, 1.82) is 0 Å². The summed E-state index contributed by atoms with van der Waals surface area (Å²) in [6.07, 6.45) is 5.16. The molecule has 0 unspecified atom stereocenters. The number of halogens is 1. The summed E-state index contributed by atoms with van der Waals surface area (Å²) in [4.78, 5) is 14.9. The fraction of sp³-hybridized carbons (Fsp3) is 0.273. The fourth-order valence-electron chi connectivity index (χ4n) is 1.08. The van der Waals surface area contributed by atoms with Crippen LogP contribution in [-0.2, 0) is 9.53 Å². The first kappa shape index (κ1) is 12.5. The van der Waals surface area contributed by atoms with Gasteiger partial charge in [0.2, 0.25) is 0 Å². The Labute approximate surface area is 99.1 Å². The van der Waals surface area contributed by atoms with E-state index in [-0.39, 0.29) is 12.4 Å². The van der Waals surface area contributed by atoms with Crippen LogP contribution in [0.4, 0.5) is 5.82 Å². The number of esters is 1. The molecule has 0 aliphatic rings. The van der Waals surface area contributed by atoms with E-state index in [1.165, 1.54) is 0 Å². The van der Waals surface area contributed by atoms with Crippen LogP contribution in [0.2, 0.25) is 5.02 Å². The molecule has 1 aromatic rings. The van der Waals surface area contributed by atoms with E-state index in [1.54, 1.807) is 31.3 Å². The standard InChI is InChI=1S/C11H13ClN2O2/c1-2-16-11(15)5-3-4-8-7-14-10(13)6-9(8)12/h3-4,6-7H,2,5H2,1H3,(H2,13,14). The largest absolute Gasteiger partial charge is 0.466 e. The molecular formula is C11H13ClN2O2. The summed E-state index contributed by atoms with van der Waals surface area (Å²) in [7, 11) is 0. The number of nitrogens with zero attached hydrogens (tertiary/aromatic N) is 1. The van der Waals surface area contributed by atoms with Crippen molar-refractivity contribution in [3.8, 4) is 0 Å². The van der Waals surface area contributed by atoms with Gasteiger partial charge in [0.05, 0.1) is 18.1 Å². The Hall–Kier alpha value is -1.55. The first-order chi connectivity index (χ1) is 7.63. The first-order valence-electron chi connectivity index (χ1n) is 4.86. The molecule has 0 spiro atoms. The lowest BCUT2D eigenvalue weighted by Crippen LogP contribution is -2.01. The number of carbonyl (C=O) groups is 1. The summed E-state index contributed by atoms with van der Waals surface area (Å²) in [6, 6.07) is 1.56. The first-order valence-corrected chi connectivity index (χ1v) is 5.24. The number of anilines is 1. The lowest BCUT2D eigenvalue weighted by atomic mass is 10.2. The van der Waals surface area contributed by atoms with Gasteiger partial charge in [0.1, 0.15) is 5.82 Å². The number of hydrogen-bond donors (Lipinski definition) is 1. The van der Waals surface area contributed by atoms with Gasteiger partial charge in [0.25, 0.3) is 0 Å². The second kappa shape index (κ2) is 6.12. The van der Waals surface area contributed by atoms with E-state index in [1.807, 2.05) is 0 Å². The Balaban J connectivity index is 2.59. The van der Waals surface area contributed by atoms with Gasteiger partial charge in [0, 0.05) is 11.8 Å². The normalized spacial score (nSPS) is 10.6. The van der Waals surface area contributed by atoms with Crippen LogP contribution in [0.5, 0.6) is 0 Å². The molecular weight excluding hydrogens is 228 g/mol. The molecule has 16 heavy (non-hydrogen) atoms. The molecule has 2 N–H and O–H groups in total. The highest BCUT2D eigenvalue weighted by molar-refractivity contribution is 6.32. The van der Waals surface area contributed by atoms with E-state index < -0.39 is 0 Å². The van der Waals surface area contributed by atoms with Crippen molar-refractivity contribution in [3.63, 3.8) is 0 Å². The van der Waals surface area contributed by atoms with Crippen LogP contribution >= 0.6 is 11.6 Å². The molecule has 0 amide bonds. The summed E-state index contributed by atoms with van der Waals surface area (Å²) in [6.45, 7) is 2.15. The highest BCUT2D eigenvalue weighted by Crippen LogP contribution is 2.18. The van der Waals surface area contributed by atoms with Crippen LogP contribution in [0, 0.1) is 0 Å². The Morgan fingerprint density at radius 3 is 3.06 bits per heavy atom. The van der Waals surface area contributed by atoms with Crippen LogP contribution in [0.3, 0.4) is 0 Å². The minimum absolute atomic E-state index is 0.217. The maximum Gasteiger partial charge on any atom is 0.309 e. The zero-order chi connectivity index (χ0) is 12.0. The summed E-state index contributed by atoms with van der Waals surface area (Å²) in [5.41, 5.74) is 6.17. The highest BCUT2D eigenvalue weighted by Gasteiger charge is 1.99. The Bertz CT molecular complexity index is 405. The average molecular weight is 241 g/mol. The van der Waals surface area contributed by atoms with Crippen molar-refractivity contribution >= 4 is 29.5 Å². The van der Waals surface area contributed by atoms with E-state index in [0.717, 1.165) is 5.56 Å². The third-order valence-corrected chi connectivity index (χ3v) is 2.12. The number of nitrogens with two attached hydrogens (primary N) is 1. The SMILES string of the molecule is CCOC(=O)CC=Cc1cnc(N)cc1Cl. The van der Waals surface area contributed by atoms with E-state index in [2.05, 4.69) is 4.98 Å². The molecule has 5 heteroatoms. The van der Waals surface area contributed by atoms with Gasteiger partial charge in [0.15, 0.2) is 0 Å². The minimum atomic E-state index is -0.265. The van der Waals surface area contributed by atoms with Crippen LogP contribution in [0.1, 0.15) is 18.9 Å². The van der Waals surface area contributed by atoms with E-state index in [4.69, 9.17) is 22.1 Å². The molecule has 0 saturated carbocycles. The summed E-state index contributed by atoms with van der Waals surface area (Å²) in [5.74, 6) is 0.103. The zero-order valence-electron chi connectivity index (χ0n) is 8.94. The zero-order valence-corrected chi connectivity index (χ0v) is 9.70. The maximum absolute atomic E-state index is 11.0. The second-order valence-electron chi connectivity index (χ2n) is 3.04. The molecule has 0 aliphatic carbocycles. The van der Waals surface area contributed by atoms with Crippen molar-refractivity contribution in [2.75, 3.05) is 12.3 Å². The van der Waals surface area contributed by atoms with E-state index >= 15 is 0 Å². The fourth-order valence-corrected chi connectivity index (χ4v) is 1.30. The van der Waals surface area contributed by atoms with Crippen LogP contribution in [-0.4, -0.2) is 17.6 Å². The lowest BCUT2D eigenvalue weighted by molar-refractivity contribution is -0.142. The summed E-state index contributed by atoms with van der Waals surface area (Å²) in [5, 5.41) is 0.507. The number of ether oxygens (including phenoxy) is 1. The number of aromatic nitrogens is 1. The third kappa shape index (κ3) is 3.90. The van der Waals surface area contributed by atoms with Crippen LogP contribution in [0.25, 0.3) is 6.08 Å². The van der Waals surface area contributed by atoms with E-state index in [0.29, 0.717) is 17.4 Å².